The monoisotopic (exact) mass is 346 g/mol. The molecular weight excluding hydrogens is 324 g/mol. The van der Waals surface area contributed by atoms with Crippen LogP contribution in [0.15, 0.2) is 34.9 Å². The zero-order valence-corrected chi connectivity index (χ0v) is 15.0. The lowest BCUT2D eigenvalue weighted by atomic mass is 10.0. The van der Waals surface area contributed by atoms with Gasteiger partial charge in [-0.25, -0.2) is 9.59 Å². The summed E-state index contributed by atoms with van der Waals surface area (Å²) in [6.07, 6.45) is 0.539. The fraction of sp³-hybridized carbons (Fsp3) is 0.368. The first kappa shape index (κ1) is 18.6. The van der Waals surface area contributed by atoms with E-state index in [0.717, 1.165) is 0 Å². The van der Waals surface area contributed by atoms with E-state index < -0.39 is 11.9 Å². The molecule has 0 unspecified atom stereocenters. The lowest BCUT2D eigenvalue weighted by Gasteiger charge is -2.12. The van der Waals surface area contributed by atoms with Crippen molar-refractivity contribution in [1.29, 1.82) is 0 Å². The molecule has 0 bridgehead atoms. The van der Waals surface area contributed by atoms with Crippen molar-refractivity contribution in [1.82, 2.24) is 0 Å². The van der Waals surface area contributed by atoms with Gasteiger partial charge in [-0.15, -0.1) is 0 Å². The summed E-state index contributed by atoms with van der Waals surface area (Å²) in [7, 11) is 1.52. The van der Waals surface area contributed by atoms with Gasteiger partial charge in [0.05, 0.1) is 24.9 Å². The standard InChI is InChI=1S/C19H22O6/c1-11(2)24-18(20)14-10-23-17(16(14)19(21)25-12(3)4)13-8-6-7-9-15(13)22-5/h6-12H,1-5H3. The van der Waals surface area contributed by atoms with Gasteiger partial charge < -0.3 is 18.6 Å². The van der Waals surface area contributed by atoms with Crippen molar-refractivity contribution < 1.29 is 28.2 Å². The van der Waals surface area contributed by atoms with Crippen molar-refractivity contribution in [2.45, 2.75) is 39.9 Å². The predicted molar refractivity (Wildman–Crippen MR) is 91.8 cm³/mol. The van der Waals surface area contributed by atoms with E-state index in [1.165, 1.54) is 13.4 Å². The molecule has 0 spiro atoms. The zero-order chi connectivity index (χ0) is 18.6. The smallest absolute Gasteiger partial charge is 0.343 e. The summed E-state index contributed by atoms with van der Waals surface area (Å²) in [5, 5.41) is 0. The van der Waals surface area contributed by atoms with Crippen LogP contribution in [0.2, 0.25) is 0 Å². The van der Waals surface area contributed by atoms with Gasteiger partial charge in [0, 0.05) is 0 Å². The minimum atomic E-state index is -0.652. The Labute approximate surface area is 146 Å². The third-order valence-electron chi connectivity index (χ3n) is 3.25. The Morgan fingerprint density at radius 1 is 0.960 bits per heavy atom. The van der Waals surface area contributed by atoms with Crippen molar-refractivity contribution in [2.24, 2.45) is 0 Å². The number of hydrogen-bond acceptors (Lipinski definition) is 6. The molecular formula is C19H22O6. The summed E-state index contributed by atoms with van der Waals surface area (Å²) in [4.78, 5) is 24.9. The highest BCUT2D eigenvalue weighted by Crippen LogP contribution is 2.35. The molecule has 6 heteroatoms. The second kappa shape index (κ2) is 7.88. The first-order valence-corrected chi connectivity index (χ1v) is 8.02. The molecule has 0 fully saturated rings. The van der Waals surface area contributed by atoms with E-state index >= 15 is 0 Å². The van der Waals surface area contributed by atoms with Crippen molar-refractivity contribution in [3.05, 3.63) is 41.7 Å². The number of hydrogen-bond donors (Lipinski definition) is 0. The number of rotatable bonds is 6. The van der Waals surface area contributed by atoms with Gasteiger partial charge in [0.25, 0.3) is 0 Å². The molecule has 6 nitrogen and oxygen atoms in total. The highest BCUT2D eigenvalue weighted by molar-refractivity contribution is 6.07. The third-order valence-corrected chi connectivity index (χ3v) is 3.25. The van der Waals surface area contributed by atoms with Crippen LogP contribution in [0, 0.1) is 0 Å². The van der Waals surface area contributed by atoms with Gasteiger partial charge in [-0.3, -0.25) is 0 Å². The number of carbonyl (C=O) groups is 2. The third kappa shape index (κ3) is 4.21. The normalized spacial score (nSPS) is 10.8. The Balaban J connectivity index is 2.58. The van der Waals surface area contributed by atoms with E-state index in [0.29, 0.717) is 11.3 Å². The predicted octanol–water partition coefficient (Wildman–Crippen LogP) is 4.09. The molecule has 0 amide bonds. The van der Waals surface area contributed by atoms with Crippen LogP contribution in [0.25, 0.3) is 11.3 Å². The summed E-state index contributed by atoms with van der Waals surface area (Å²) in [5.74, 6) is -0.575. The topological polar surface area (TPSA) is 75.0 Å². The zero-order valence-electron chi connectivity index (χ0n) is 15.0. The molecule has 0 radical (unpaired) electrons. The van der Waals surface area contributed by atoms with Crippen molar-refractivity contribution in [3.63, 3.8) is 0 Å². The highest BCUT2D eigenvalue weighted by Gasteiger charge is 2.30. The van der Waals surface area contributed by atoms with E-state index in [-0.39, 0.29) is 29.1 Å². The molecule has 2 rings (SSSR count). The first-order valence-electron chi connectivity index (χ1n) is 8.02. The fourth-order valence-corrected chi connectivity index (χ4v) is 2.29. The van der Waals surface area contributed by atoms with Crippen LogP contribution >= 0.6 is 0 Å². The number of benzene rings is 1. The van der Waals surface area contributed by atoms with Gasteiger partial charge in [0.15, 0.2) is 5.76 Å². The van der Waals surface area contributed by atoms with Gasteiger partial charge in [0.2, 0.25) is 0 Å². The number of esters is 2. The van der Waals surface area contributed by atoms with Crippen molar-refractivity contribution in [3.8, 4) is 17.1 Å². The first-order chi connectivity index (χ1) is 11.8. The SMILES string of the molecule is COc1ccccc1-c1occ(C(=O)OC(C)C)c1C(=O)OC(C)C. The van der Waals surface area contributed by atoms with Crippen molar-refractivity contribution >= 4 is 11.9 Å². The van der Waals surface area contributed by atoms with E-state index in [9.17, 15) is 9.59 Å². The molecule has 0 N–H and O–H groups in total. The van der Waals surface area contributed by atoms with E-state index in [4.69, 9.17) is 18.6 Å². The van der Waals surface area contributed by atoms with E-state index in [1.54, 1.807) is 52.0 Å². The van der Waals surface area contributed by atoms with Gasteiger partial charge in [-0.1, -0.05) is 12.1 Å². The maximum atomic E-state index is 12.6. The molecule has 25 heavy (non-hydrogen) atoms. The largest absolute Gasteiger partial charge is 0.496 e. The average molecular weight is 346 g/mol. The molecule has 0 saturated heterocycles. The van der Waals surface area contributed by atoms with Gasteiger partial charge in [-0.05, 0) is 39.8 Å². The van der Waals surface area contributed by atoms with Crippen LogP contribution < -0.4 is 4.74 Å². The number of carbonyl (C=O) groups excluding carboxylic acids is 2. The molecule has 0 aliphatic heterocycles. The van der Waals surface area contributed by atoms with Crippen LogP contribution in [-0.2, 0) is 9.47 Å². The molecule has 0 atom stereocenters. The quantitative estimate of drug-likeness (QED) is 0.734. The molecule has 1 heterocycles. The Morgan fingerprint density at radius 3 is 2.16 bits per heavy atom. The van der Waals surface area contributed by atoms with Gasteiger partial charge >= 0.3 is 11.9 Å². The fourth-order valence-electron chi connectivity index (χ4n) is 2.29. The highest BCUT2D eigenvalue weighted by atomic mass is 16.6. The summed E-state index contributed by atoms with van der Waals surface area (Å²) < 4.78 is 21.3. The minimum Gasteiger partial charge on any atom is -0.496 e. The van der Waals surface area contributed by atoms with Crippen molar-refractivity contribution in [2.75, 3.05) is 7.11 Å². The maximum Gasteiger partial charge on any atom is 0.343 e. The molecule has 0 aliphatic rings. The average Bonchev–Trinajstić information content (AvgIpc) is 2.98. The Bertz CT molecular complexity index is 757. The lowest BCUT2D eigenvalue weighted by molar-refractivity contribution is 0.0330. The number of methoxy groups -OCH3 is 1. The van der Waals surface area contributed by atoms with Gasteiger partial charge in [0.1, 0.15) is 23.1 Å². The molecule has 1 aromatic carbocycles. The van der Waals surface area contributed by atoms with Crippen LogP contribution in [0.3, 0.4) is 0 Å². The Morgan fingerprint density at radius 2 is 1.56 bits per heavy atom. The second-order valence-electron chi connectivity index (χ2n) is 5.96. The summed E-state index contributed by atoms with van der Waals surface area (Å²) in [6, 6.07) is 7.05. The van der Waals surface area contributed by atoms with Crippen LogP contribution in [0.1, 0.15) is 48.4 Å². The van der Waals surface area contributed by atoms with Crippen LogP contribution in [-0.4, -0.2) is 31.3 Å². The Kier molecular flexibility index (Phi) is 5.85. The number of furan rings is 1. The molecule has 0 saturated carbocycles. The second-order valence-corrected chi connectivity index (χ2v) is 5.96. The number of para-hydroxylation sites is 1. The molecule has 2 aromatic rings. The lowest BCUT2D eigenvalue weighted by Crippen LogP contribution is -2.18. The molecule has 134 valence electrons. The maximum absolute atomic E-state index is 12.6. The molecule has 0 aliphatic carbocycles. The van der Waals surface area contributed by atoms with E-state index in [1.807, 2.05) is 0 Å². The van der Waals surface area contributed by atoms with Crippen LogP contribution in [0.4, 0.5) is 0 Å². The van der Waals surface area contributed by atoms with E-state index in [2.05, 4.69) is 0 Å². The minimum absolute atomic E-state index is 0.0280. The molecule has 1 aromatic heterocycles. The number of ether oxygens (including phenoxy) is 3. The van der Waals surface area contributed by atoms with Gasteiger partial charge in [-0.2, -0.15) is 0 Å². The summed E-state index contributed by atoms with van der Waals surface area (Å²) >= 11 is 0. The summed E-state index contributed by atoms with van der Waals surface area (Å²) in [5.41, 5.74) is 0.605. The summed E-state index contributed by atoms with van der Waals surface area (Å²) in [6.45, 7) is 6.91. The Hall–Kier alpha value is -2.76. The van der Waals surface area contributed by atoms with Crippen LogP contribution in [0.5, 0.6) is 5.75 Å².